The van der Waals surface area contributed by atoms with Gasteiger partial charge in [0.15, 0.2) is 5.96 Å². The molecular formula is C17H26N4. The number of hydrogen-bond acceptors (Lipinski definition) is 4. The molecule has 1 aromatic carbocycles. The molecule has 2 aliphatic heterocycles. The van der Waals surface area contributed by atoms with E-state index in [1.54, 1.807) is 0 Å². The smallest absolute Gasteiger partial charge is 0.193 e. The summed E-state index contributed by atoms with van der Waals surface area (Å²) in [5.74, 6) is 1.86. The van der Waals surface area contributed by atoms with Gasteiger partial charge in [0.25, 0.3) is 0 Å². The molecule has 2 heterocycles. The van der Waals surface area contributed by atoms with Crippen molar-refractivity contribution >= 4 is 11.6 Å². The lowest BCUT2D eigenvalue weighted by Crippen LogP contribution is -2.45. The number of nitrogens with one attached hydrogen (secondary N) is 1. The molecule has 0 amide bonds. The van der Waals surface area contributed by atoms with Gasteiger partial charge in [0.1, 0.15) is 0 Å². The molecule has 0 aliphatic carbocycles. The molecule has 0 unspecified atom stereocenters. The number of aliphatic imine (C=N–C) groups is 1. The Bertz CT molecular complexity index is 463. The number of rotatable bonds is 3. The first kappa shape index (κ1) is 14.2. The summed E-state index contributed by atoms with van der Waals surface area (Å²) in [5, 5.41) is 3.55. The number of hydrogen-bond donors (Lipinski definition) is 1. The van der Waals surface area contributed by atoms with E-state index in [4.69, 9.17) is 0 Å². The standard InChI is InChI=1S/C17H26N4/c1-20-11-5-10-18-17(20)19-14-15-8-12-21(13-9-15)16-6-3-2-4-7-16/h2-4,6-7,15H,5,8-14H2,1H3,(H,18,19). The molecule has 0 saturated carbocycles. The SMILES string of the molecule is CN1CCCN=C1NCC1CCN(c2ccccc2)CC1. The zero-order valence-electron chi connectivity index (χ0n) is 13.0. The number of para-hydroxylation sites is 1. The van der Waals surface area contributed by atoms with E-state index in [-0.39, 0.29) is 0 Å². The number of benzene rings is 1. The third-order valence-electron chi connectivity index (χ3n) is 4.56. The fourth-order valence-electron chi connectivity index (χ4n) is 3.18. The van der Waals surface area contributed by atoms with Gasteiger partial charge in [0.05, 0.1) is 0 Å². The summed E-state index contributed by atoms with van der Waals surface area (Å²) in [7, 11) is 2.13. The second kappa shape index (κ2) is 6.83. The first-order valence-corrected chi connectivity index (χ1v) is 8.12. The molecule has 0 spiro atoms. The number of piperidine rings is 1. The average Bonchev–Trinajstić information content (AvgIpc) is 2.55. The molecule has 1 fully saturated rings. The quantitative estimate of drug-likeness (QED) is 0.924. The molecule has 4 nitrogen and oxygen atoms in total. The monoisotopic (exact) mass is 286 g/mol. The predicted octanol–water partition coefficient (Wildman–Crippen LogP) is 2.18. The van der Waals surface area contributed by atoms with Crippen molar-refractivity contribution in [2.75, 3.05) is 44.7 Å². The van der Waals surface area contributed by atoms with Crippen LogP contribution >= 0.6 is 0 Å². The maximum atomic E-state index is 4.58. The van der Waals surface area contributed by atoms with Crippen LogP contribution in [0.2, 0.25) is 0 Å². The van der Waals surface area contributed by atoms with Crippen molar-refractivity contribution in [3.8, 4) is 0 Å². The largest absolute Gasteiger partial charge is 0.372 e. The Morgan fingerprint density at radius 3 is 2.62 bits per heavy atom. The predicted molar refractivity (Wildman–Crippen MR) is 88.9 cm³/mol. The van der Waals surface area contributed by atoms with Crippen LogP contribution in [0.5, 0.6) is 0 Å². The summed E-state index contributed by atoms with van der Waals surface area (Å²) in [6, 6.07) is 10.8. The topological polar surface area (TPSA) is 30.9 Å². The lowest BCUT2D eigenvalue weighted by molar-refractivity contribution is 0.384. The van der Waals surface area contributed by atoms with E-state index < -0.39 is 0 Å². The van der Waals surface area contributed by atoms with Crippen molar-refractivity contribution in [2.24, 2.45) is 10.9 Å². The summed E-state index contributed by atoms with van der Waals surface area (Å²) in [5.41, 5.74) is 1.36. The van der Waals surface area contributed by atoms with Gasteiger partial charge in [0, 0.05) is 45.5 Å². The van der Waals surface area contributed by atoms with Gasteiger partial charge in [-0.25, -0.2) is 0 Å². The molecular weight excluding hydrogens is 260 g/mol. The molecule has 2 aliphatic rings. The molecule has 4 heteroatoms. The Hall–Kier alpha value is -1.71. The Morgan fingerprint density at radius 1 is 1.14 bits per heavy atom. The number of guanidine groups is 1. The van der Waals surface area contributed by atoms with E-state index in [1.807, 2.05) is 0 Å². The highest BCUT2D eigenvalue weighted by Crippen LogP contribution is 2.22. The van der Waals surface area contributed by atoms with Crippen molar-refractivity contribution in [2.45, 2.75) is 19.3 Å². The Morgan fingerprint density at radius 2 is 1.90 bits per heavy atom. The third-order valence-corrected chi connectivity index (χ3v) is 4.56. The normalized spacial score (nSPS) is 20.3. The van der Waals surface area contributed by atoms with E-state index >= 15 is 0 Å². The molecule has 3 rings (SSSR count). The van der Waals surface area contributed by atoms with Crippen molar-refractivity contribution in [3.63, 3.8) is 0 Å². The van der Waals surface area contributed by atoms with Crippen molar-refractivity contribution in [3.05, 3.63) is 30.3 Å². The van der Waals surface area contributed by atoms with Gasteiger partial charge < -0.3 is 15.1 Å². The van der Waals surface area contributed by atoms with Gasteiger partial charge in [-0.15, -0.1) is 0 Å². The van der Waals surface area contributed by atoms with Crippen molar-refractivity contribution in [1.82, 2.24) is 10.2 Å². The molecule has 0 bridgehead atoms. The van der Waals surface area contributed by atoms with Gasteiger partial charge in [-0.3, -0.25) is 4.99 Å². The van der Waals surface area contributed by atoms with Crippen LogP contribution in [0.3, 0.4) is 0 Å². The van der Waals surface area contributed by atoms with Gasteiger partial charge >= 0.3 is 0 Å². The van der Waals surface area contributed by atoms with E-state index in [0.29, 0.717) is 0 Å². The highest BCUT2D eigenvalue weighted by atomic mass is 15.3. The fourth-order valence-corrected chi connectivity index (χ4v) is 3.18. The maximum absolute atomic E-state index is 4.58. The van der Waals surface area contributed by atoms with Crippen LogP contribution in [-0.4, -0.2) is 50.6 Å². The minimum absolute atomic E-state index is 0.767. The van der Waals surface area contributed by atoms with Crippen molar-refractivity contribution < 1.29 is 0 Å². The summed E-state index contributed by atoms with van der Waals surface area (Å²) in [6.45, 7) is 5.49. The van der Waals surface area contributed by atoms with E-state index in [1.165, 1.54) is 38.0 Å². The van der Waals surface area contributed by atoms with E-state index in [2.05, 4.69) is 57.5 Å². The summed E-state index contributed by atoms with van der Waals surface area (Å²) in [4.78, 5) is 9.32. The minimum atomic E-state index is 0.767. The van der Waals surface area contributed by atoms with Crippen LogP contribution in [0.25, 0.3) is 0 Å². The molecule has 1 N–H and O–H groups in total. The van der Waals surface area contributed by atoms with Crippen LogP contribution in [0, 0.1) is 5.92 Å². The third kappa shape index (κ3) is 3.69. The van der Waals surface area contributed by atoms with Crippen LogP contribution in [0.15, 0.2) is 35.3 Å². The highest BCUT2D eigenvalue weighted by molar-refractivity contribution is 5.80. The average molecular weight is 286 g/mol. The van der Waals surface area contributed by atoms with E-state index in [9.17, 15) is 0 Å². The fraction of sp³-hybridized carbons (Fsp3) is 0.588. The first-order chi connectivity index (χ1) is 10.3. The molecule has 0 atom stereocenters. The Labute approximate surface area is 127 Å². The van der Waals surface area contributed by atoms with Crippen LogP contribution < -0.4 is 10.2 Å². The maximum Gasteiger partial charge on any atom is 0.193 e. The summed E-state index contributed by atoms with van der Waals surface area (Å²) >= 11 is 0. The summed E-state index contributed by atoms with van der Waals surface area (Å²) < 4.78 is 0. The van der Waals surface area contributed by atoms with Crippen molar-refractivity contribution in [1.29, 1.82) is 0 Å². The zero-order chi connectivity index (χ0) is 14.5. The molecule has 0 aromatic heterocycles. The lowest BCUT2D eigenvalue weighted by atomic mass is 9.96. The number of nitrogens with zero attached hydrogens (tertiary/aromatic N) is 3. The van der Waals surface area contributed by atoms with Crippen LogP contribution in [-0.2, 0) is 0 Å². The molecule has 0 radical (unpaired) electrons. The number of anilines is 1. The van der Waals surface area contributed by atoms with Gasteiger partial charge in [0.2, 0.25) is 0 Å². The molecule has 1 saturated heterocycles. The molecule has 21 heavy (non-hydrogen) atoms. The van der Waals surface area contributed by atoms with Crippen LogP contribution in [0.1, 0.15) is 19.3 Å². The van der Waals surface area contributed by atoms with Crippen LogP contribution in [0.4, 0.5) is 5.69 Å². The molecule has 114 valence electrons. The zero-order valence-corrected chi connectivity index (χ0v) is 13.0. The first-order valence-electron chi connectivity index (χ1n) is 8.12. The molecule has 1 aromatic rings. The Kier molecular flexibility index (Phi) is 4.63. The van der Waals surface area contributed by atoms with Gasteiger partial charge in [-0.2, -0.15) is 0 Å². The second-order valence-electron chi connectivity index (χ2n) is 6.13. The van der Waals surface area contributed by atoms with E-state index in [0.717, 1.165) is 31.5 Å². The van der Waals surface area contributed by atoms with Gasteiger partial charge in [-0.05, 0) is 37.3 Å². The highest BCUT2D eigenvalue weighted by Gasteiger charge is 2.20. The van der Waals surface area contributed by atoms with Gasteiger partial charge in [-0.1, -0.05) is 18.2 Å². The minimum Gasteiger partial charge on any atom is -0.372 e. The summed E-state index contributed by atoms with van der Waals surface area (Å²) in [6.07, 6.45) is 3.70. The lowest BCUT2D eigenvalue weighted by Gasteiger charge is -2.34. The second-order valence-corrected chi connectivity index (χ2v) is 6.13. The Balaban J connectivity index is 1.45.